The molecule has 1 aliphatic rings. The molecule has 1 N–H and O–H groups in total. The summed E-state index contributed by atoms with van der Waals surface area (Å²) in [5, 5.41) is 7.73. The number of alkyl halides is 3. The number of carbonyl (C=O) groups excluding carboxylic acids is 1. The minimum Gasteiger partial charge on any atom is -0.273 e. The first-order valence-electron chi connectivity index (χ1n) is 10.5. The number of fused-ring (bicyclic) bond motifs is 2. The van der Waals surface area contributed by atoms with E-state index in [0.717, 1.165) is 40.2 Å². The summed E-state index contributed by atoms with van der Waals surface area (Å²) in [6, 6.07) is 3.28. The molecule has 35 heavy (non-hydrogen) atoms. The average molecular weight is 509 g/mol. The van der Waals surface area contributed by atoms with E-state index in [9.17, 15) is 26.4 Å². The topological polar surface area (TPSA) is 133 Å². The Kier molecular flexibility index (Phi) is 5.47. The monoisotopic (exact) mass is 509 g/mol. The standard InChI is InChI=1S/C20H18F3N7O4S/c1-2-35(32,33)19-15(16-25-14-6-5-12(20(21,22)23)9-29(14)26-16)17-24-8-7-13(30(17)27-19)18(31)28-34-10-11-3-4-11/h5-9,11H,2-4,10H2,1H3,(H,28,31). The summed E-state index contributed by atoms with van der Waals surface area (Å²) in [6.07, 6.45) is -0.544. The van der Waals surface area contributed by atoms with Gasteiger partial charge in [-0.15, -0.1) is 5.10 Å². The van der Waals surface area contributed by atoms with Gasteiger partial charge in [-0.25, -0.2) is 32.9 Å². The summed E-state index contributed by atoms with van der Waals surface area (Å²) in [7, 11) is -3.97. The number of hydroxylamine groups is 1. The zero-order valence-electron chi connectivity index (χ0n) is 18.2. The van der Waals surface area contributed by atoms with E-state index in [1.165, 1.54) is 19.2 Å². The van der Waals surface area contributed by atoms with Gasteiger partial charge in [0.05, 0.1) is 17.9 Å². The van der Waals surface area contributed by atoms with Crippen molar-refractivity contribution in [2.24, 2.45) is 5.92 Å². The predicted octanol–water partition coefficient (Wildman–Crippen LogP) is 2.32. The van der Waals surface area contributed by atoms with E-state index in [4.69, 9.17) is 4.84 Å². The molecule has 15 heteroatoms. The van der Waals surface area contributed by atoms with E-state index in [0.29, 0.717) is 12.5 Å². The van der Waals surface area contributed by atoms with Crippen molar-refractivity contribution < 1.29 is 31.2 Å². The number of halogens is 3. The van der Waals surface area contributed by atoms with Crippen LogP contribution in [0.4, 0.5) is 13.2 Å². The first-order chi connectivity index (χ1) is 16.6. The van der Waals surface area contributed by atoms with Gasteiger partial charge in [0.2, 0.25) is 0 Å². The number of aromatic nitrogens is 6. The van der Waals surface area contributed by atoms with E-state index in [2.05, 4.69) is 25.6 Å². The highest BCUT2D eigenvalue weighted by Gasteiger charge is 2.33. The summed E-state index contributed by atoms with van der Waals surface area (Å²) in [4.78, 5) is 26.3. The van der Waals surface area contributed by atoms with Crippen molar-refractivity contribution in [1.82, 2.24) is 34.7 Å². The van der Waals surface area contributed by atoms with Crippen LogP contribution in [0.15, 0.2) is 35.6 Å². The van der Waals surface area contributed by atoms with Gasteiger partial charge in [-0.3, -0.25) is 9.63 Å². The smallest absolute Gasteiger partial charge is 0.273 e. The Balaban J connectivity index is 1.65. The summed E-state index contributed by atoms with van der Waals surface area (Å²) in [5.41, 5.74) is 1.16. The number of pyridine rings is 1. The van der Waals surface area contributed by atoms with E-state index < -0.39 is 32.5 Å². The molecule has 0 atom stereocenters. The van der Waals surface area contributed by atoms with Gasteiger partial charge < -0.3 is 0 Å². The highest BCUT2D eigenvalue weighted by Crippen LogP contribution is 2.32. The molecule has 0 aromatic carbocycles. The minimum absolute atomic E-state index is 0.0505. The van der Waals surface area contributed by atoms with Crippen LogP contribution < -0.4 is 5.48 Å². The zero-order valence-corrected chi connectivity index (χ0v) is 19.0. The SMILES string of the molecule is CCS(=O)(=O)c1nn2c(C(=O)NOCC3CC3)ccnc2c1-c1nc2ccc(C(F)(F)F)cn2n1. The fourth-order valence-corrected chi connectivity index (χ4v) is 4.34. The summed E-state index contributed by atoms with van der Waals surface area (Å²) in [5.74, 6) is -0.822. The molecule has 4 aromatic rings. The third-order valence-electron chi connectivity index (χ3n) is 5.46. The first kappa shape index (κ1) is 23.2. The maximum Gasteiger partial charge on any atom is 0.417 e. The van der Waals surface area contributed by atoms with E-state index in [1.807, 2.05) is 0 Å². The highest BCUT2D eigenvalue weighted by molar-refractivity contribution is 7.91. The second-order valence-electron chi connectivity index (χ2n) is 7.99. The number of nitrogens with one attached hydrogen (secondary N) is 1. The van der Waals surface area contributed by atoms with Crippen LogP contribution >= 0.6 is 0 Å². The number of nitrogens with zero attached hydrogens (tertiary/aromatic N) is 6. The molecule has 184 valence electrons. The largest absolute Gasteiger partial charge is 0.417 e. The van der Waals surface area contributed by atoms with Crippen molar-refractivity contribution in [1.29, 1.82) is 0 Å². The lowest BCUT2D eigenvalue weighted by Crippen LogP contribution is -2.27. The second kappa shape index (κ2) is 8.27. The van der Waals surface area contributed by atoms with Crippen LogP contribution in [0.25, 0.3) is 22.7 Å². The molecule has 0 unspecified atom stereocenters. The Bertz CT molecular complexity index is 1560. The average Bonchev–Trinajstić information content (AvgIpc) is 3.39. The van der Waals surface area contributed by atoms with E-state index in [1.54, 1.807) is 0 Å². The lowest BCUT2D eigenvalue weighted by Gasteiger charge is -2.06. The Labute approximate surface area is 195 Å². The number of rotatable bonds is 7. The maximum atomic E-state index is 13.1. The lowest BCUT2D eigenvalue weighted by atomic mass is 10.3. The van der Waals surface area contributed by atoms with Crippen LogP contribution in [0.1, 0.15) is 35.8 Å². The Hall–Kier alpha value is -3.59. The highest BCUT2D eigenvalue weighted by atomic mass is 32.2. The molecule has 1 fully saturated rings. The van der Waals surface area contributed by atoms with Crippen LogP contribution in [0.5, 0.6) is 0 Å². The Morgan fingerprint density at radius 3 is 2.69 bits per heavy atom. The van der Waals surface area contributed by atoms with E-state index in [-0.39, 0.29) is 34.1 Å². The van der Waals surface area contributed by atoms with Gasteiger partial charge >= 0.3 is 6.18 Å². The molecular formula is C20H18F3N7O4S. The molecule has 4 aromatic heterocycles. The first-order valence-corrected chi connectivity index (χ1v) is 12.2. The number of hydrogen-bond donors (Lipinski definition) is 1. The third-order valence-corrected chi connectivity index (χ3v) is 7.09. The van der Waals surface area contributed by atoms with Crippen molar-refractivity contribution in [3.8, 4) is 11.4 Å². The van der Waals surface area contributed by atoms with Gasteiger partial charge in [-0.2, -0.15) is 18.3 Å². The van der Waals surface area contributed by atoms with Gasteiger partial charge in [0, 0.05) is 12.4 Å². The molecule has 1 amide bonds. The lowest BCUT2D eigenvalue weighted by molar-refractivity contribution is -0.137. The number of carbonyl (C=O) groups is 1. The maximum absolute atomic E-state index is 13.1. The van der Waals surface area contributed by atoms with Crippen molar-refractivity contribution in [2.45, 2.75) is 31.0 Å². The molecule has 0 bridgehead atoms. The number of hydrogen-bond acceptors (Lipinski definition) is 8. The second-order valence-corrected chi connectivity index (χ2v) is 10.2. The fourth-order valence-electron chi connectivity index (χ4n) is 3.37. The Morgan fingerprint density at radius 2 is 2.00 bits per heavy atom. The molecule has 1 aliphatic carbocycles. The van der Waals surface area contributed by atoms with Crippen LogP contribution in [0.2, 0.25) is 0 Å². The van der Waals surface area contributed by atoms with Crippen LogP contribution in [-0.4, -0.2) is 55.9 Å². The van der Waals surface area contributed by atoms with Crippen molar-refractivity contribution >= 4 is 27.0 Å². The number of amides is 1. The number of sulfone groups is 1. The fraction of sp³-hybridized carbons (Fsp3) is 0.350. The van der Waals surface area contributed by atoms with Crippen molar-refractivity contribution in [3.05, 3.63) is 41.9 Å². The van der Waals surface area contributed by atoms with Gasteiger partial charge in [-0.1, -0.05) is 6.92 Å². The summed E-state index contributed by atoms with van der Waals surface area (Å²) in [6.45, 7) is 1.76. The Morgan fingerprint density at radius 1 is 1.23 bits per heavy atom. The summed E-state index contributed by atoms with van der Waals surface area (Å²) < 4.78 is 67.0. The molecule has 0 radical (unpaired) electrons. The molecule has 0 spiro atoms. The van der Waals surface area contributed by atoms with Gasteiger partial charge in [0.25, 0.3) is 5.91 Å². The summed E-state index contributed by atoms with van der Waals surface area (Å²) >= 11 is 0. The zero-order chi connectivity index (χ0) is 25.0. The molecule has 0 aliphatic heterocycles. The molecule has 1 saturated carbocycles. The molecule has 11 nitrogen and oxygen atoms in total. The van der Waals surface area contributed by atoms with Crippen LogP contribution in [-0.2, 0) is 20.9 Å². The van der Waals surface area contributed by atoms with Gasteiger partial charge in [0.1, 0.15) is 11.3 Å². The minimum atomic E-state index is -4.60. The van der Waals surface area contributed by atoms with Gasteiger partial charge in [0.15, 0.2) is 32.0 Å². The third kappa shape index (κ3) is 4.32. The normalized spacial score (nSPS) is 14.6. The predicted molar refractivity (Wildman–Crippen MR) is 114 cm³/mol. The molecule has 5 rings (SSSR count). The van der Waals surface area contributed by atoms with Crippen molar-refractivity contribution in [2.75, 3.05) is 12.4 Å². The molecule has 4 heterocycles. The van der Waals surface area contributed by atoms with E-state index >= 15 is 0 Å². The van der Waals surface area contributed by atoms with Crippen LogP contribution in [0.3, 0.4) is 0 Å². The van der Waals surface area contributed by atoms with Gasteiger partial charge in [-0.05, 0) is 37.0 Å². The molecule has 0 saturated heterocycles. The molecular weight excluding hydrogens is 491 g/mol. The van der Waals surface area contributed by atoms with Crippen molar-refractivity contribution in [3.63, 3.8) is 0 Å². The van der Waals surface area contributed by atoms with Crippen LogP contribution in [0, 0.1) is 5.92 Å². The quantitative estimate of drug-likeness (QED) is 0.376.